The van der Waals surface area contributed by atoms with E-state index in [0.717, 1.165) is 0 Å². The summed E-state index contributed by atoms with van der Waals surface area (Å²) in [5, 5.41) is 18.4. The summed E-state index contributed by atoms with van der Waals surface area (Å²) < 4.78 is 0. The van der Waals surface area contributed by atoms with Gasteiger partial charge in [-0.05, 0) is 13.0 Å². The third kappa shape index (κ3) is 2.21. The van der Waals surface area contributed by atoms with Crippen LogP contribution in [0.25, 0.3) is 0 Å². The molecule has 4 heteroatoms. The average molecular weight is 245 g/mol. The van der Waals surface area contributed by atoms with Crippen molar-refractivity contribution in [2.45, 2.75) is 11.8 Å². The summed E-state index contributed by atoms with van der Waals surface area (Å²) in [6.45, 7) is 1.42. The minimum Gasteiger partial charge on any atom is -0.508 e. The third-order valence-corrected chi connectivity index (χ3v) is 2.78. The van der Waals surface area contributed by atoms with Crippen LogP contribution in [0.1, 0.15) is 17.3 Å². The van der Waals surface area contributed by atoms with Gasteiger partial charge in [0.2, 0.25) is 0 Å². The van der Waals surface area contributed by atoms with Crippen LogP contribution in [0.4, 0.5) is 0 Å². The second-order valence-electron chi connectivity index (χ2n) is 2.72. The number of phenolic OH excluding ortho intramolecular Hbond substituents is 2. The molecule has 0 aliphatic heterocycles. The van der Waals surface area contributed by atoms with Gasteiger partial charge in [0.15, 0.2) is 0 Å². The predicted molar refractivity (Wildman–Crippen MR) is 52.1 cm³/mol. The normalized spacial score (nSPS) is 12.5. The topological polar surface area (TPSA) is 57.5 Å². The van der Waals surface area contributed by atoms with Crippen molar-refractivity contribution in [3.8, 4) is 11.5 Å². The van der Waals surface area contributed by atoms with Crippen LogP contribution >= 0.6 is 15.9 Å². The monoisotopic (exact) mass is 244 g/mol. The Morgan fingerprint density at radius 2 is 2.08 bits per heavy atom. The molecule has 0 fully saturated rings. The van der Waals surface area contributed by atoms with Gasteiger partial charge >= 0.3 is 0 Å². The van der Waals surface area contributed by atoms with Gasteiger partial charge in [-0.25, -0.2) is 0 Å². The van der Waals surface area contributed by atoms with E-state index in [-0.39, 0.29) is 17.3 Å². The van der Waals surface area contributed by atoms with Crippen molar-refractivity contribution >= 4 is 21.7 Å². The number of Topliss-reactive ketones (excluding diaryl/α,β-unsaturated/α-hetero) is 1. The van der Waals surface area contributed by atoms with E-state index in [1.807, 2.05) is 0 Å². The second-order valence-corrected chi connectivity index (χ2v) is 3.63. The van der Waals surface area contributed by atoms with Crippen LogP contribution in [0.15, 0.2) is 18.2 Å². The standard InChI is InChI=1S/C9H9BrO3/c1-5(11)9(10)7-3-2-6(12)4-8(7)13/h2-4,9,12-13H,1H3. The van der Waals surface area contributed by atoms with Gasteiger partial charge in [0, 0.05) is 11.6 Å². The number of halogens is 1. The zero-order valence-corrected chi connectivity index (χ0v) is 8.58. The number of benzene rings is 1. The average Bonchev–Trinajstić information content (AvgIpc) is 2.03. The van der Waals surface area contributed by atoms with Crippen LogP contribution in [0.5, 0.6) is 11.5 Å². The summed E-state index contributed by atoms with van der Waals surface area (Å²) in [6, 6.07) is 4.13. The number of alkyl halides is 1. The molecule has 3 nitrogen and oxygen atoms in total. The minimum absolute atomic E-state index is 0.0236. The molecule has 0 saturated heterocycles. The summed E-state index contributed by atoms with van der Waals surface area (Å²) in [7, 11) is 0. The summed E-state index contributed by atoms with van der Waals surface area (Å²) >= 11 is 3.13. The molecule has 0 amide bonds. The largest absolute Gasteiger partial charge is 0.508 e. The van der Waals surface area contributed by atoms with Crippen LogP contribution < -0.4 is 0 Å². The maximum absolute atomic E-state index is 11.0. The molecule has 2 N–H and O–H groups in total. The molecule has 0 bridgehead atoms. The van der Waals surface area contributed by atoms with Crippen LogP contribution in [0, 0.1) is 0 Å². The second kappa shape index (κ2) is 3.79. The summed E-state index contributed by atoms with van der Waals surface area (Å²) in [5.74, 6) is -0.206. The van der Waals surface area contributed by atoms with Crippen LogP contribution in [0.2, 0.25) is 0 Å². The Morgan fingerprint density at radius 1 is 1.46 bits per heavy atom. The Kier molecular flexibility index (Phi) is 2.93. The van der Waals surface area contributed by atoms with Gasteiger partial charge in [-0.3, -0.25) is 4.79 Å². The van der Waals surface area contributed by atoms with E-state index in [4.69, 9.17) is 5.11 Å². The highest BCUT2D eigenvalue weighted by atomic mass is 79.9. The zero-order chi connectivity index (χ0) is 10.0. The molecule has 1 aromatic carbocycles. The first-order chi connectivity index (χ1) is 6.02. The van der Waals surface area contributed by atoms with Crippen molar-refractivity contribution in [1.82, 2.24) is 0 Å². The molecule has 1 aromatic rings. The number of hydrogen-bond acceptors (Lipinski definition) is 3. The van der Waals surface area contributed by atoms with Crippen LogP contribution in [-0.2, 0) is 4.79 Å². The van der Waals surface area contributed by atoms with E-state index >= 15 is 0 Å². The Labute approximate surface area is 84.1 Å². The quantitative estimate of drug-likeness (QED) is 0.784. The Balaban J connectivity index is 3.08. The number of aromatic hydroxyl groups is 2. The van der Waals surface area contributed by atoms with Crippen molar-refractivity contribution < 1.29 is 15.0 Å². The van der Waals surface area contributed by atoms with Crippen molar-refractivity contribution in [2.75, 3.05) is 0 Å². The lowest BCUT2D eigenvalue weighted by molar-refractivity contribution is -0.116. The number of carbonyl (C=O) groups excluding carboxylic acids is 1. The highest BCUT2D eigenvalue weighted by Crippen LogP contribution is 2.33. The van der Waals surface area contributed by atoms with Gasteiger partial charge in [-0.15, -0.1) is 0 Å². The predicted octanol–water partition coefficient (Wildman–Crippen LogP) is 2.12. The van der Waals surface area contributed by atoms with E-state index in [1.165, 1.54) is 25.1 Å². The Hall–Kier alpha value is -1.03. The molecule has 0 radical (unpaired) electrons. The van der Waals surface area contributed by atoms with Crippen molar-refractivity contribution in [3.05, 3.63) is 23.8 Å². The first-order valence-electron chi connectivity index (χ1n) is 3.68. The zero-order valence-electron chi connectivity index (χ0n) is 6.99. The van der Waals surface area contributed by atoms with E-state index in [0.29, 0.717) is 5.56 Å². The Morgan fingerprint density at radius 3 is 2.54 bits per heavy atom. The van der Waals surface area contributed by atoms with Crippen LogP contribution in [-0.4, -0.2) is 16.0 Å². The van der Waals surface area contributed by atoms with Crippen molar-refractivity contribution in [3.63, 3.8) is 0 Å². The van der Waals surface area contributed by atoms with Gasteiger partial charge in [0.1, 0.15) is 22.1 Å². The lowest BCUT2D eigenvalue weighted by atomic mass is 10.1. The van der Waals surface area contributed by atoms with Gasteiger partial charge in [-0.2, -0.15) is 0 Å². The minimum atomic E-state index is -0.520. The fourth-order valence-corrected chi connectivity index (χ4v) is 1.35. The maximum atomic E-state index is 11.0. The van der Waals surface area contributed by atoms with E-state index in [2.05, 4.69) is 15.9 Å². The van der Waals surface area contributed by atoms with Gasteiger partial charge in [0.05, 0.1) is 0 Å². The number of phenols is 2. The number of rotatable bonds is 2. The van der Waals surface area contributed by atoms with Gasteiger partial charge in [0.25, 0.3) is 0 Å². The van der Waals surface area contributed by atoms with E-state index < -0.39 is 4.83 Å². The summed E-state index contributed by atoms with van der Waals surface area (Å²) in [4.78, 5) is 10.4. The molecule has 1 rings (SSSR count). The maximum Gasteiger partial charge on any atom is 0.147 e. The highest BCUT2D eigenvalue weighted by Gasteiger charge is 2.16. The lowest BCUT2D eigenvalue weighted by Crippen LogP contribution is -2.00. The summed E-state index contributed by atoms with van der Waals surface area (Å²) in [5.41, 5.74) is 0.463. The SMILES string of the molecule is CC(=O)C(Br)c1ccc(O)cc1O. The molecule has 0 spiro atoms. The molecule has 70 valence electrons. The number of carbonyl (C=O) groups is 1. The molecule has 0 saturated carbocycles. The fourth-order valence-electron chi connectivity index (χ4n) is 0.965. The molecule has 1 unspecified atom stereocenters. The number of ketones is 1. The Bertz CT molecular complexity index is 336. The molecular formula is C9H9BrO3. The molecule has 0 heterocycles. The van der Waals surface area contributed by atoms with Crippen LogP contribution in [0.3, 0.4) is 0 Å². The third-order valence-electron chi connectivity index (χ3n) is 1.64. The summed E-state index contributed by atoms with van der Waals surface area (Å²) in [6.07, 6.45) is 0. The number of hydrogen-bond donors (Lipinski definition) is 2. The fraction of sp³-hybridized carbons (Fsp3) is 0.222. The molecule has 0 aliphatic rings. The van der Waals surface area contributed by atoms with E-state index in [1.54, 1.807) is 0 Å². The van der Waals surface area contributed by atoms with Gasteiger partial charge in [-0.1, -0.05) is 22.0 Å². The molecule has 0 aromatic heterocycles. The van der Waals surface area contributed by atoms with E-state index in [9.17, 15) is 9.90 Å². The molecule has 1 atom stereocenters. The smallest absolute Gasteiger partial charge is 0.147 e. The molecular weight excluding hydrogens is 236 g/mol. The lowest BCUT2D eigenvalue weighted by Gasteiger charge is -2.08. The molecule has 0 aliphatic carbocycles. The van der Waals surface area contributed by atoms with Crippen molar-refractivity contribution in [1.29, 1.82) is 0 Å². The first-order valence-corrected chi connectivity index (χ1v) is 4.60. The first kappa shape index (κ1) is 10.1. The highest BCUT2D eigenvalue weighted by molar-refractivity contribution is 9.09. The van der Waals surface area contributed by atoms with Crippen molar-refractivity contribution in [2.24, 2.45) is 0 Å². The van der Waals surface area contributed by atoms with Gasteiger partial charge < -0.3 is 10.2 Å². The molecule has 13 heavy (non-hydrogen) atoms.